The van der Waals surface area contributed by atoms with E-state index in [1.165, 1.54) is 6.20 Å². The number of allylic oxidation sites excluding steroid dienone is 1. The molecule has 0 bridgehead atoms. The Morgan fingerprint density at radius 3 is 2.38 bits per heavy atom. The molecule has 0 spiro atoms. The zero-order valence-electron chi connectivity index (χ0n) is 7.27. The molecule has 0 aromatic heterocycles. The topological polar surface area (TPSA) is 46.2 Å². The predicted octanol–water partition coefficient (Wildman–Crippen LogP) is 1.50. The van der Waals surface area contributed by atoms with Gasteiger partial charge in [0.1, 0.15) is 0 Å². The molecule has 0 aliphatic heterocycles. The fourth-order valence-corrected chi connectivity index (χ4v) is 1.79. The van der Waals surface area contributed by atoms with Gasteiger partial charge in [0.25, 0.3) is 10.0 Å². The van der Waals surface area contributed by atoms with Crippen LogP contribution in [-0.4, -0.2) is 8.42 Å². The van der Waals surface area contributed by atoms with Gasteiger partial charge in [0.2, 0.25) is 0 Å². The Kier molecular flexibility index (Phi) is 3.08. The fraction of sp³-hybridized carbons (Fsp3) is 0.111. The molecule has 0 amide bonds. The van der Waals surface area contributed by atoms with Gasteiger partial charge in [-0.15, -0.1) is 0 Å². The van der Waals surface area contributed by atoms with Gasteiger partial charge in [-0.05, 0) is 19.1 Å². The molecule has 0 radical (unpaired) electrons. The zero-order chi connectivity index (χ0) is 9.73. The lowest BCUT2D eigenvalue weighted by Crippen LogP contribution is -2.17. The van der Waals surface area contributed by atoms with Gasteiger partial charge in [-0.2, -0.15) is 0 Å². The number of hydrogen-bond acceptors (Lipinski definition) is 2. The molecule has 0 fully saturated rings. The van der Waals surface area contributed by atoms with Crippen LogP contribution in [0.15, 0.2) is 47.5 Å². The maximum Gasteiger partial charge on any atom is 0.261 e. The van der Waals surface area contributed by atoms with Crippen molar-refractivity contribution in [3.05, 3.63) is 42.6 Å². The molecule has 0 heterocycles. The third-order valence-electron chi connectivity index (χ3n) is 1.44. The molecule has 1 N–H and O–H groups in total. The van der Waals surface area contributed by atoms with Gasteiger partial charge < -0.3 is 0 Å². The zero-order valence-corrected chi connectivity index (χ0v) is 8.08. The summed E-state index contributed by atoms with van der Waals surface area (Å²) in [4.78, 5) is 0.271. The molecule has 70 valence electrons. The average Bonchev–Trinajstić information content (AvgIpc) is 2.16. The van der Waals surface area contributed by atoms with Crippen molar-refractivity contribution in [1.29, 1.82) is 0 Å². The van der Waals surface area contributed by atoms with Gasteiger partial charge in [0.05, 0.1) is 4.90 Å². The Hall–Kier alpha value is -1.29. The molecule has 0 saturated carbocycles. The van der Waals surface area contributed by atoms with Crippen LogP contribution in [0.2, 0.25) is 0 Å². The summed E-state index contributed by atoms with van der Waals surface area (Å²) < 4.78 is 25.2. The van der Waals surface area contributed by atoms with Gasteiger partial charge in [-0.25, -0.2) is 8.42 Å². The van der Waals surface area contributed by atoms with E-state index < -0.39 is 10.0 Å². The summed E-state index contributed by atoms with van der Waals surface area (Å²) in [7, 11) is -3.36. The second kappa shape index (κ2) is 4.09. The summed E-state index contributed by atoms with van der Waals surface area (Å²) in [6, 6.07) is 8.24. The van der Waals surface area contributed by atoms with Crippen molar-refractivity contribution in [2.45, 2.75) is 11.8 Å². The lowest BCUT2D eigenvalue weighted by molar-refractivity contribution is 0.590. The Labute approximate surface area is 78.1 Å². The normalized spacial score (nSPS) is 11.8. The standard InChI is InChI=1S/C9H11NO2S/c1-2-8-10-13(11,12)9-6-4-3-5-7-9/h2-8,10H,1H3. The van der Waals surface area contributed by atoms with Crippen molar-refractivity contribution in [1.82, 2.24) is 4.72 Å². The van der Waals surface area contributed by atoms with E-state index in [0.717, 1.165) is 0 Å². The van der Waals surface area contributed by atoms with Crippen molar-refractivity contribution < 1.29 is 8.42 Å². The van der Waals surface area contributed by atoms with Gasteiger partial charge >= 0.3 is 0 Å². The molecule has 1 rings (SSSR count). The summed E-state index contributed by atoms with van der Waals surface area (Å²) >= 11 is 0. The summed E-state index contributed by atoms with van der Waals surface area (Å²) in [5, 5.41) is 0. The molecule has 0 unspecified atom stereocenters. The molecule has 0 atom stereocenters. The summed E-state index contributed by atoms with van der Waals surface area (Å²) in [5.41, 5.74) is 0. The van der Waals surface area contributed by atoms with Crippen LogP contribution in [0.1, 0.15) is 6.92 Å². The smallest absolute Gasteiger partial charge is 0.261 e. The highest BCUT2D eigenvalue weighted by Gasteiger charge is 2.09. The van der Waals surface area contributed by atoms with Crippen molar-refractivity contribution in [3.8, 4) is 0 Å². The van der Waals surface area contributed by atoms with E-state index >= 15 is 0 Å². The van der Waals surface area contributed by atoms with E-state index in [2.05, 4.69) is 4.72 Å². The van der Waals surface area contributed by atoms with Crippen LogP contribution in [0.25, 0.3) is 0 Å². The summed E-state index contributed by atoms with van der Waals surface area (Å²) in [5.74, 6) is 0. The maximum atomic E-state index is 11.4. The minimum Gasteiger partial charge on any atom is -0.287 e. The minimum absolute atomic E-state index is 0.271. The highest BCUT2D eigenvalue weighted by Crippen LogP contribution is 2.06. The van der Waals surface area contributed by atoms with Crippen LogP contribution in [0, 0.1) is 0 Å². The number of sulfonamides is 1. The minimum atomic E-state index is -3.36. The molecule has 3 nitrogen and oxygen atoms in total. The van der Waals surface area contributed by atoms with Crippen LogP contribution in [0.4, 0.5) is 0 Å². The van der Waals surface area contributed by atoms with Crippen LogP contribution in [0.5, 0.6) is 0 Å². The van der Waals surface area contributed by atoms with Gasteiger partial charge in [-0.3, -0.25) is 4.72 Å². The van der Waals surface area contributed by atoms with Gasteiger partial charge in [0.15, 0.2) is 0 Å². The van der Waals surface area contributed by atoms with Crippen LogP contribution in [0.3, 0.4) is 0 Å². The van der Waals surface area contributed by atoms with Crippen LogP contribution in [-0.2, 0) is 10.0 Å². The third kappa shape index (κ3) is 2.59. The van der Waals surface area contributed by atoms with Crippen LogP contribution >= 0.6 is 0 Å². The molecule has 1 aromatic rings. The maximum absolute atomic E-state index is 11.4. The highest BCUT2D eigenvalue weighted by atomic mass is 32.2. The van der Waals surface area contributed by atoms with E-state index in [1.54, 1.807) is 43.3 Å². The number of rotatable bonds is 3. The first-order valence-corrected chi connectivity index (χ1v) is 5.33. The van der Waals surface area contributed by atoms with E-state index in [1.807, 2.05) is 0 Å². The molecule has 0 aliphatic rings. The first-order valence-electron chi connectivity index (χ1n) is 3.85. The molecule has 0 saturated heterocycles. The van der Waals surface area contributed by atoms with Crippen molar-refractivity contribution in [3.63, 3.8) is 0 Å². The average molecular weight is 197 g/mol. The molecule has 4 heteroatoms. The first kappa shape index (κ1) is 9.80. The number of nitrogens with one attached hydrogen (secondary N) is 1. The molecular weight excluding hydrogens is 186 g/mol. The Morgan fingerprint density at radius 1 is 1.23 bits per heavy atom. The SMILES string of the molecule is CC=CNS(=O)(=O)c1ccccc1. The number of hydrogen-bond donors (Lipinski definition) is 1. The largest absolute Gasteiger partial charge is 0.287 e. The first-order chi connectivity index (χ1) is 6.17. The predicted molar refractivity (Wildman–Crippen MR) is 51.6 cm³/mol. The molecular formula is C9H11NO2S. The van der Waals surface area contributed by atoms with Gasteiger partial charge in [-0.1, -0.05) is 24.3 Å². The van der Waals surface area contributed by atoms with E-state index in [4.69, 9.17) is 0 Å². The molecule has 0 aliphatic carbocycles. The van der Waals surface area contributed by atoms with Crippen molar-refractivity contribution in [2.75, 3.05) is 0 Å². The fourth-order valence-electron chi connectivity index (χ4n) is 0.825. The van der Waals surface area contributed by atoms with E-state index in [-0.39, 0.29) is 4.90 Å². The summed E-state index contributed by atoms with van der Waals surface area (Å²) in [6.07, 6.45) is 3.02. The summed E-state index contributed by atoms with van der Waals surface area (Å²) in [6.45, 7) is 1.74. The number of benzene rings is 1. The Morgan fingerprint density at radius 2 is 1.85 bits per heavy atom. The van der Waals surface area contributed by atoms with E-state index in [0.29, 0.717) is 0 Å². The highest BCUT2D eigenvalue weighted by molar-refractivity contribution is 7.89. The van der Waals surface area contributed by atoms with Gasteiger partial charge in [0, 0.05) is 6.20 Å². The third-order valence-corrected chi connectivity index (χ3v) is 2.78. The van der Waals surface area contributed by atoms with Crippen LogP contribution < -0.4 is 4.72 Å². The lowest BCUT2D eigenvalue weighted by atomic mass is 10.4. The van der Waals surface area contributed by atoms with Crippen molar-refractivity contribution >= 4 is 10.0 Å². The molecule has 1 aromatic carbocycles. The molecule has 13 heavy (non-hydrogen) atoms. The monoisotopic (exact) mass is 197 g/mol. The second-order valence-electron chi connectivity index (χ2n) is 2.43. The van der Waals surface area contributed by atoms with E-state index in [9.17, 15) is 8.42 Å². The quantitative estimate of drug-likeness (QED) is 0.798. The Balaban J connectivity index is 2.95. The Bertz CT molecular complexity index is 381. The lowest BCUT2D eigenvalue weighted by Gasteiger charge is -2.02. The van der Waals surface area contributed by atoms with Crippen molar-refractivity contribution in [2.24, 2.45) is 0 Å². The second-order valence-corrected chi connectivity index (χ2v) is 4.15.